The van der Waals surface area contributed by atoms with E-state index < -0.39 is 0 Å². The summed E-state index contributed by atoms with van der Waals surface area (Å²) in [5.41, 5.74) is 3.79. The van der Waals surface area contributed by atoms with Crippen molar-refractivity contribution in [3.05, 3.63) is 59.6 Å². The molecule has 0 amide bonds. The van der Waals surface area contributed by atoms with Crippen LogP contribution in [0.3, 0.4) is 0 Å². The number of phenols is 1. The minimum atomic E-state index is 0.258. The molecule has 3 nitrogen and oxygen atoms in total. The van der Waals surface area contributed by atoms with E-state index in [2.05, 4.69) is 11.7 Å². The maximum absolute atomic E-state index is 9.61. The van der Waals surface area contributed by atoms with E-state index >= 15 is 0 Å². The fourth-order valence-corrected chi connectivity index (χ4v) is 2.78. The van der Waals surface area contributed by atoms with Crippen molar-refractivity contribution in [3.63, 3.8) is 0 Å². The lowest BCUT2D eigenvalue weighted by Gasteiger charge is -2.09. The maximum Gasteiger partial charge on any atom is 0.115 e. The molecule has 106 valence electrons. The van der Waals surface area contributed by atoms with Gasteiger partial charge >= 0.3 is 0 Å². The van der Waals surface area contributed by atoms with Crippen LogP contribution < -0.4 is 0 Å². The van der Waals surface area contributed by atoms with E-state index in [1.807, 2.05) is 35.9 Å². The first kappa shape index (κ1) is 13.7. The van der Waals surface area contributed by atoms with Crippen LogP contribution in [0.4, 0.5) is 0 Å². The molecule has 0 aliphatic carbocycles. The van der Waals surface area contributed by atoms with Crippen LogP contribution in [0, 0.1) is 6.92 Å². The second-order valence-electron chi connectivity index (χ2n) is 4.95. The number of aromatic hydroxyl groups is 1. The minimum Gasteiger partial charge on any atom is -0.508 e. The van der Waals surface area contributed by atoms with Gasteiger partial charge in [-0.05, 0) is 36.8 Å². The number of halogens is 1. The number of aryl methyl sites for hydroxylation is 1. The van der Waals surface area contributed by atoms with Gasteiger partial charge in [-0.15, -0.1) is 6.58 Å². The van der Waals surface area contributed by atoms with Gasteiger partial charge in [-0.2, -0.15) is 5.10 Å². The van der Waals surface area contributed by atoms with Crippen LogP contribution in [0.5, 0.6) is 5.75 Å². The van der Waals surface area contributed by atoms with Gasteiger partial charge in [0.05, 0.1) is 17.3 Å². The Morgan fingerprint density at radius 2 is 2.14 bits per heavy atom. The lowest BCUT2D eigenvalue weighted by Crippen LogP contribution is -2.00. The molecule has 0 bridgehead atoms. The topological polar surface area (TPSA) is 38.0 Å². The Morgan fingerprint density at radius 3 is 2.86 bits per heavy atom. The predicted molar refractivity (Wildman–Crippen MR) is 86.8 cm³/mol. The largest absolute Gasteiger partial charge is 0.508 e. The SMILES string of the molecule is C=CCn1nc2c(Cl)cccc2c1-c1ccc(O)cc1C. The van der Waals surface area contributed by atoms with Gasteiger partial charge in [-0.1, -0.05) is 29.8 Å². The molecule has 0 fully saturated rings. The molecular formula is C17H15ClN2O. The van der Waals surface area contributed by atoms with Crippen molar-refractivity contribution in [3.8, 4) is 17.0 Å². The summed E-state index contributed by atoms with van der Waals surface area (Å²) < 4.78 is 1.89. The van der Waals surface area contributed by atoms with Crippen LogP contribution in [0.2, 0.25) is 5.02 Å². The van der Waals surface area contributed by atoms with Gasteiger partial charge in [0.25, 0.3) is 0 Å². The molecule has 3 rings (SSSR count). The van der Waals surface area contributed by atoms with Crippen molar-refractivity contribution in [2.24, 2.45) is 0 Å². The van der Waals surface area contributed by atoms with Crippen LogP contribution >= 0.6 is 11.6 Å². The molecule has 0 radical (unpaired) electrons. The summed E-state index contributed by atoms with van der Waals surface area (Å²) >= 11 is 6.25. The number of fused-ring (bicyclic) bond motifs is 1. The van der Waals surface area contributed by atoms with Gasteiger partial charge in [0.15, 0.2) is 0 Å². The molecule has 4 heteroatoms. The molecule has 0 unspecified atom stereocenters. The Kier molecular flexibility index (Phi) is 3.43. The summed E-state index contributed by atoms with van der Waals surface area (Å²) in [4.78, 5) is 0. The van der Waals surface area contributed by atoms with Gasteiger partial charge in [-0.3, -0.25) is 4.68 Å². The van der Waals surface area contributed by atoms with E-state index in [1.54, 1.807) is 18.2 Å². The van der Waals surface area contributed by atoms with Crippen LogP contribution in [0.15, 0.2) is 49.1 Å². The summed E-state index contributed by atoms with van der Waals surface area (Å²) in [6, 6.07) is 11.1. The number of phenolic OH excluding ortho intramolecular Hbond substituents is 1. The van der Waals surface area contributed by atoms with Gasteiger partial charge in [0.2, 0.25) is 0 Å². The van der Waals surface area contributed by atoms with Crippen molar-refractivity contribution >= 4 is 22.5 Å². The fraction of sp³-hybridized carbons (Fsp3) is 0.118. The standard InChI is InChI=1S/C17H15ClN2O/c1-3-9-20-17(13-8-7-12(21)10-11(13)2)14-5-4-6-15(18)16(14)19-20/h3-8,10,21H,1,9H2,2H3. The molecule has 0 aliphatic rings. The highest BCUT2D eigenvalue weighted by atomic mass is 35.5. The van der Waals surface area contributed by atoms with E-state index in [1.165, 1.54) is 0 Å². The number of allylic oxidation sites excluding steroid dienone is 1. The van der Waals surface area contributed by atoms with Gasteiger partial charge in [0.1, 0.15) is 11.3 Å². The molecule has 0 saturated carbocycles. The van der Waals surface area contributed by atoms with E-state index in [0.717, 1.165) is 27.7 Å². The smallest absolute Gasteiger partial charge is 0.115 e. The first-order chi connectivity index (χ1) is 10.1. The Morgan fingerprint density at radius 1 is 1.33 bits per heavy atom. The summed E-state index contributed by atoms with van der Waals surface area (Å²) in [5.74, 6) is 0.258. The summed E-state index contributed by atoms with van der Waals surface area (Å²) in [6.07, 6.45) is 1.80. The van der Waals surface area contributed by atoms with Gasteiger partial charge in [-0.25, -0.2) is 0 Å². The highest BCUT2D eigenvalue weighted by Gasteiger charge is 2.16. The maximum atomic E-state index is 9.61. The zero-order valence-electron chi connectivity index (χ0n) is 11.7. The molecule has 1 N–H and O–H groups in total. The molecule has 0 spiro atoms. The molecule has 1 heterocycles. The van der Waals surface area contributed by atoms with Crippen molar-refractivity contribution in [2.45, 2.75) is 13.5 Å². The number of benzene rings is 2. The van der Waals surface area contributed by atoms with E-state index in [9.17, 15) is 5.11 Å². The zero-order chi connectivity index (χ0) is 15.0. The molecule has 21 heavy (non-hydrogen) atoms. The average molecular weight is 299 g/mol. The van der Waals surface area contributed by atoms with Crippen LogP contribution in [0.25, 0.3) is 22.2 Å². The molecule has 0 atom stereocenters. The van der Waals surface area contributed by atoms with Crippen LogP contribution in [-0.4, -0.2) is 14.9 Å². The van der Waals surface area contributed by atoms with Crippen LogP contribution in [-0.2, 0) is 6.54 Å². The summed E-state index contributed by atoms with van der Waals surface area (Å²) in [7, 11) is 0. The highest BCUT2D eigenvalue weighted by molar-refractivity contribution is 6.35. The minimum absolute atomic E-state index is 0.258. The second-order valence-corrected chi connectivity index (χ2v) is 5.36. The number of nitrogens with zero attached hydrogens (tertiary/aromatic N) is 2. The van der Waals surface area contributed by atoms with Crippen molar-refractivity contribution in [2.75, 3.05) is 0 Å². The lowest BCUT2D eigenvalue weighted by molar-refractivity contribution is 0.475. The van der Waals surface area contributed by atoms with Crippen molar-refractivity contribution in [1.29, 1.82) is 0 Å². The molecule has 1 aromatic heterocycles. The molecule has 0 saturated heterocycles. The highest BCUT2D eigenvalue weighted by Crippen LogP contribution is 2.35. The van der Waals surface area contributed by atoms with Crippen LogP contribution in [0.1, 0.15) is 5.56 Å². The molecular weight excluding hydrogens is 284 g/mol. The number of hydrogen-bond donors (Lipinski definition) is 1. The van der Waals surface area contributed by atoms with Gasteiger partial charge < -0.3 is 5.11 Å². The fourth-order valence-electron chi connectivity index (χ4n) is 2.57. The average Bonchev–Trinajstić information content (AvgIpc) is 2.79. The molecule has 3 aromatic rings. The number of aromatic nitrogens is 2. The van der Waals surface area contributed by atoms with E-state index in [-0.39, 0.29) is 5.75 Å². The third kappa shape index (κ3) is 2.30. The number of hydrogen-bond acceptors (Lipinski definition) is 2. The normalized spacial score (nSPS) is 11.0. The number of rotatable bonds is 3. The van der Waals surface area contributed by atoms with Crippen molar-refractivity contribution in [1.82, 2.24) is 9.78 Å². The quantitative estimate of drug-likeness (QED) is 0.720. The molecule has 2 aromatic carbocycles. The first-order valence-electron chi connectivity index (χ1n) is 6.67. The van der Waals surface area contributed by atoms with Crippen molar-refractivity contribution < 1.29 is 5.11 Å². The first-order valence-corrected chi connectivity index (χ1v) is 7.05. The molecule has 0 aliphatic heterocycles. The monoisotopic (exact) mass is 298 g/mol. The lowest BCUT2D eigenvalue weighted by atomic mass is 10.0. The Bertz CT molecular complexity index is 836. The third-order valence-electron chi connectivity index (χ3n) is 3.49. The Hall–Kier alpha value is -2.26. The van der Waals surface area contributed by atoms with E-state index in [0.29, 0.717) is 11.6 Å². The summed E-state index contributed by atoms with van der Waals surface area (Å²) in [6.45, 7) is 6.35. The Balaban J connectivity index is 2.36. The predicted octanol–water partition coefficient (Wildman–Crippen LogP) is 4.56. The second kappa shape index (κ2) is 5.26. The Labute approximate surface area is 128 Å². The third-order valence-corrected chi connectivity index (χ3v) is 3.79. The van der Waals surface area contributed by atoms with Gasteiger partial charge in [0, 0.05) is 10.9 Å². The van der Waals surface area contributed by atoms with E-state index in [4.69, 9.17) is 11.6 Å². The zero-order valence-corrected chi connectivity index (χ0v) is 12.4. The summed E-state index contributed by atoms with van der Waals surface area (Å²) in [5, 5.41) is 15.8.